The number of nitrogens with one attached hydrogen (secondary N) is 1. The molecule has 0 unspecified atom stereocenters. The molecule has 24 heavy (non-hydrogen) atoms. The molecule has 1 atom stereocenters. The number of hydrogen-bond donors (Lipinski definition) is 1. The first-order chi connectivity index (χ1) is 11.7. The Kier molecular flexibility index (Phi) is 5.43. The summed E-state index contributed by atoms with van der Waals surface area (Å²) < 4.78 is 0.683. The average molecular weight is 325 g/mol. The fraction of sp³-hybridized carbons (Fsp3) is 0.368. The Bertz CT molecular complexity index is 658. The first-order valence-electron chi connectivity index (χ1n) is 8.47. The second kappa shape index (κ2) is 7.93. The molecule has 5 heteroatoms. The van der Waals surface area contributed by atoms with Crippen LogP contribution in [0.3, 0.4) is 0 Å². The van der Waals surface area contributed by atoms with E-state index < -0.39 is 0 Å². The summed E-state index contributed by atoms with van der Waals surface area (Å²) in [6.07, 6.45) is 5.82. The normalized spacial score (nSPS) is 18.2. The zero-order chi connectivity index (χ0) is 16.8. The number of carbonyl (C=O) groups excluding carboxylic acids is 1. The number of rotatable bonds is 5. The fourth-order valence-corrected chi connectivity index (χ4v) is 3.14. The molecule has 0 bridgehead atoms. The number of pyridine rings is 1. The Morgan fingerprint density at radius 1 is 1.21 bits per heavy atom. The highest BCUT2D eigenvalue weighted by Gasteiger charge is 2.21. The topological polar surface area (TPSA) is 59.3 Å². The van der Waals surface area contributed by atoms with Gasteiger partial charge in [-0.05, 0) is 31.4 Å². The predicted octanol–water partition coefficient (Wildman–Crippen LogP) is 1.76. The molecule has 1 aliphatic rings. The van der Waals surface area contributed by atoms with Crippen molar-refractivity contribution >= 4 is 5.91 Å². The minimum atomic E-state index is -0.106. The smallest absolute Gasteiger partial charge is 0.251 e. The maximum Gasteiger partial charge on any atom is 0.251 e. The van der Waals surface area contributed by atoms with Crippen molar-refractivity contribution in [2.24, 2.45) is 0 Å². The Hall–Kier alpha value is -2.40. The van der Waals surface area contributed by atoms with Crippen LogP contribution in [-0.2, 0) is 6.42 Å². The molecule has 1 fully saturated rings. The number of aromatic nitrogens is 1. The minimum Gasteiger partial charge on any atom is -0.619 e. The molecule has 1 aliphatic heterocycles. The number of hydrogen-bond acceptors (Lipinski definition) is 3. The highest BCUT2D eigenvalue weighted by Crippen LogP contribution is 2.12. The van der Waals surface area contributed by atoms with Crippen LogP contribution < -0.4 is 10.0 Å². The van der Waals surface area contributed by atoms with E-state index in [1.165, 1.54) is 18.0 Å². The summed E-state index contributed by atoms with van der Waals surface area (Å²) in [5.41, 5.74) is 1.88. The molecule has 0 spiro atoms. The Labute approximate surface area is 142 Å². The fourth-order valence-electron chi connectivity index (χ4n) is 3.14. The van der Waals surface area contributed by atoms with Crippen LogP contribution in [0.25, 0.3) is 0 Å². The van der Waals surface area contributed by atoms with E-state index in [9.17, 15) is 10.0 Å². The molecule has 126 valence electrons. The maximum absolute atomic E-state index is 12.3. The van der Waals surface area contributed by atoms with Gasteiger partial charge in [-0.2, -0.15) is 4.73 Å². The lowest BCUT2D eigenvalue weighted by Crippen LogP contribution is -2.48. The van der Waals surface area contributed by atoms with Gasteiger partial charge in [0.1, 0.15) is 0 Å². The van der Waals surface area contributed by atoms with E-state index in [0.29, 0.717) is 10.3 Å². The molecule has 1 amide bonds. The lowest BCUT2D eigenvalue weighted by Gasteiger charge is -2.33. The van der Waals surface area contributed by atoms with Gasteiger partial charge in [0.15, 0.2) is 12.4 Å². The largest absolute Gasteiger partial charge is 0.619 e. The van der Waals surface area contributed by atoms with Gasteiger partial charge < -0.3 is 15.4 Å². The number of carbonyl (C=O) groups is 1. The number of likely N-dealkylation sites (tertiary alicyclic amines) is 1. The van der Waals surface area contributed by atoms with Crippen molar-refractivity contribution in [2.45, 2.75) is 25.3 Å². The van der Waals surface area contributed by atoms with Gasteiger partial charge in [-0.3, -0.25) is 4.79 Å². The maximum atomic E-state index is 12.3. The SMILES string of the molecule is O=C(N[C@@H]1CCCN(CCc2ccccc2)C1)c1cc[n+]([O-])cc1. The summed E-state index contributed by atoms with van der Waals surface area (Å²) >= 11 is 0. The third-order valence-electron chi connectivity index (χ3n) is 4.46. The van der Waals surface area contributed by atoms with Crippen LogP contribution in [0.5, 0.6) is 0 Å². The molecule has 2 heterocycles. The monoisotopic (exact) mass is 325 g/mol. The molecule has 1 saturated heterocycles. The highest BCUT2D eigenvalue weighted by atomic mass is 16.5. The van der Waals surface area contributed by atoms with Crippen molar-refractivity contribution < 1.29 is 9.52 Å². The van der Waals surface area contributed by atoms with Crippen molar-refractivity contribution in [3.63, 3.8) is 0 Å². The second-order valence-corrected chi connectivity index (χ2v) is 6.30. The molecule has 2 aromatic rings. The van der Waals surface area contributed by atoms with E-state index in [4.69, 9.17) is 0 Å². The lowest BCUT2D eigenvalue weighted by molar-refractivity contribution is -0.605. The molecule has 1 aromatic heterocycles. The van der Waals surface area contributed by atoms with Gasteiger partial charge in [0.25, 0.3) is 5.91 Å². The molecule has 0 radical (unpaired) electrons. The third kappa shape index (κ3) is 4.55. The Morgan fingerprint density at radius 2 is 1.96 bits per heavy atom. The predicted molar refractivity (Wildman–Crippen MR) is 92.5 cm³/mol. The number of nitrogens with zero attached hydrogens (tertiary/aromatic N) is 2. The average Bonchev–Trinajstić information content (AvgIpc) is 2.62. The second-order valence-electron chi connectivity index (χ2n) is 6.30. The van der Waals surface area contributed by atoms with Crippen molar-refractivity contribution in [1.29, 1.82) is 0 Å². The first kappa shape index (κ1) is 16.5. The lowest BCUT2D eigenvalue weighted by atomic mass is 10.0. The van der Waals surface area contributed by atoms with Crippen molar-refractivity contribution in [3.8, 4) is 0 Å². The van der Waals surface area contributed by atoms with E-state index in [1.807, 2.05) is 6.07 Å². The summed E-state index contributed by atoms with van der Waals surface area (Å²) in [5.74, 6) is -0.106. The van der Waals surface area contributed by atoms with Gasteiger partial charge in [-0.15, -0.1) is 0 Å². The quantitative estimate of drug-likeness (QED) is 0.673. The van der Waals surface area contributed by atoms with Gasteiger partial charge in [-0.25, -0.2) is 0 Å². The standard InChI is InChI=1S/C19H23N3O2/c23-19(17-9-13-22(24)14-10-17)20-18-7-4-11-21(15-18)12-8-16-5-2-1-3-6-16/h1-3,5-6,9-10,13-14,18H,4,7-8,11-12,15H2,(H,20,23)/t18-/m1/s1. The minimum absolute atomic E-state index is 0.106. The van der Waals surface area contributed by atoms with E-state index in [-0.39, 0.29) is 11.9 Å². The molecule has 5 nitrogen and oxygen atoms in total. The molecule has 1 aromatic carbocycles. The van der Waals surface area contributed by atoms with Crippen molar-refractivity contribution in [1.82, 2.24) is 10.2 Å². The molecular weight excluding hydrogens is 302 g/mol. The van der Waals surface area contributed by atoms with Crippen LogP contribution in [0.15, 0.2) is 54.9 Å². The molecule has 0 saturated carbocycles. The molecule has 1 N–H and O–H groups in total. The van der Waals surface area contributed by atoms with E-state index in [0.717, 1.165) is 38.9 Å². The zero-order valence-corrected chi connectivity index (χ0v) is 13.7. The van der Waals surface area contributed by atoms with Gasteiger partial charge in [0.2, 0.25) is 0 Å². The summed E-state index contributed by atoms with van der Waals surface area (Å²) in [6.45, 7) is 2.98. The molecular formula is C19H23N3O2. The van der Waals surface area contributed by atoms with Gasteiger partial charge in [0.05, 0.1) is 5.56 Å². The van der Waals surface area contributed by atoms with Crippen LogP contribution in [0.1, 0.15) is 28.8 Å². The van der Waals surface area contributed by atoms with E-state index in [2.05, 4.69) is 34.5 Å². The summed E-state index contributed by atoms with van der Waals surface area (Å²) in [4.78, 5) is 14.7. The zero-order valence-electron chi connectivity index (χ0n) is 13.7. The number of benzene rings is 1. The van der Waals surface area contributed by atoms with Gasteiger partial charge >= 0.3 is 0 Å². The van der Waals surface area contributed by atoms with Crippen LogP contribution in [0, 0.1) is 5.21 Å². The summed E-state index contributed by atoms with van der Waals surface area (Å²) in [5, 5.41) is 14.1. The molecule has 0 aliphatic carbocycles. The summed E-state index contributed by atoms with van der Waals surface area (Å²) in [7, 11) is 0. The van der Waals surface area contributed by atoms with Crippen molar-refractivity contribution in [2.75, 3.05) is 19.6 Å². The number of piperidine rings is 1. The van der Waals surface area contributed by atoms with E-state index in [1.54, 1.807) is 12.1 Å². The van der Waals surface area contributed by atoms with Crippen LogP contribution in [0.2, 0.25) is 0 Å². The van der Waals surface area contributed by atoms with E-state index >= 15 is 0 Å². The Balaban J connectivity index is 1.50. The highest BCUT2D eigenvalue weighted by molar-refractivity contribution is 5.94. The number of amides is 1. The first-order valence-corrected chi connectivity index (χ1v) is 8.47. The third-order valence-corrected chi connectivity index (χ3v) is 4.46. The molecule has 3 rings (SSSR count). The Morgan fingerprint density at radius 3 is 2.71 bits per heavy atom. The summed E-state index contributed by atoms with van der Waals surface area (Å²) in [6, 6.07) is 13.8. The van der Waals surface area contributed by atoms with Crippen molar-refractivity contribution in [3.05, 3.63) is 71.2 Å². The van der Waals surface area contributed by atoms with Gasteiger partial charge in [0, 0.05) is 31.3 Å². The van der Waals surface area contributed by atoms with Crippen LogP contribution >= 0.6 is 0 Å². The van der Waals surface area contributed by atoms with Crippen LogP contribution in [-0.4, -0.2) is 36.5 Å². The van der Waals surface area contributed by atoms with Gasteiger partial charge in [-0.1, -0.05) is 30.3 Å². The van der Waals surface area contributed by atoms with Crippen LogP contribution in [0.4, 0.5) is 0 Å².